The molecule has 9 heteroatoms. The molecule has 0 saturated carbocycles. The maximum Gasteiger partial charge on any atom is 0.253 e. The molecule has 122 valence electrons. The summed E-state index contributed by atoms with van der Waals surface area (Å²) in [5.41, 5.74) is 0.477. The largest absolute Gasteiger partial charge is 0.353 e. The van der Waals surface area contributed by atoms with Crippen molar-refractivity contribution >= 4 is 54.8 Å². The molecule has 1 aromatic carbocycles. The molecule has 1 atom stereocenters. The Bertz CT molecular complexity index is 853. The molecule has 3 rings (SSSR count). The smallest absolute Gasteiger partial charge is 0.253 e. The summed E-state index contributed by atoms with van der Waals surface area (Å²) in [6.45, 7) is 0.463. The summed E-state index contributed by atoms with van der Waals surface area (Å²) in [4.78, 5) is 12.4. The lowest BCUT2D eigenvalue weighted by molar-refractivity contribution is -0.126. The molecule has 1 aromatic heterocycles. The predicted molar refractivity (Wildman–Crippen MR) is 93.1 cm³/mol. The summed E-state index contributed by atoms with van der Waals surface area (Å²) >= 11 is 10.6. The lowest BCUT2D eigenvalue weighted by Gasteiger charge is -2.34. The van der Waals surface area contributed by atoms with Crippen LogP contribution in [0.2, 0.25) is 5.02 Å². The van der Waals surface area contributed by atoms with Crippen molar-refractivity contribution in [2.24, 2.45) is 0 Å². The van der Waals surface area contributed by atoms with E-state index in [1.807, 2.05) is 0 Å². The zero-order valence-corrected chi connectivity index (χ0v) is 15.7. The molecule has 1 aliphatic heterocycles. The molecule has 1 saturated heterocycles. The number of sulfonamides is 1. The van der Waals surface area contributed by atoms with Crippen molar-refractivity contribution in [3.05, 3.63) is 50.8 Å². The van der Waals surface area contributed by atoms with E-state index < -0.39 is 16.1 Å². The number of piperazine rings is 1. The topological polar surface area (TPSA) is 66.5 Å². The summed E-state index contributed by atoms with van der Waals surface area (Å²) in [7, 11) is -3.79. The van der Waals surface area contributed by atoms with Crippen molar-refractivity contribution in [3.63, 3.8) is 0 Å². The Morgan fingerprint density at radius 3 is 2.65 bits per heavy atom. The molecule has 1 aliphatic rings. The third kappa shape index (κ3) is 3.18. The Morgan fingerprint density at radius 2 is 2.00 bits per heavy atom. The Kier molecular flexibility index (Phi) is 4.80. The van der Waals surface area contributed by atoms with Crippen LogP contribution < -0.4 is 5.32 Å². The van der Waals surface area contributed by atoms with Crippen molar-refractivity contribution < 1.29 is 13.2 Å². The van der Waals surface area contributed by atoms with Gasteiger partial charge in [0.2, 0.25) is 5.91 Å². The van der Waals surface area contributed by atoms with E-state index in [0.29, 0.717) is 14.4 Å². The predicted octanol–water partition coefficient (Wildman–Crippen LogP) is 3.03. The van der Waals surface area contributed by atoms with Gasteiger partial charge < -0.3 is 5.32 Å². The lowest BCUT2D eigenvalue weighted by Crippen LogP contribution is -2.52. The van der Waals surface area contributed by atoms with Gasteiger partial charge in [-0.2, -0.15) is 4.31 Å². The van der Waals surface area contributed by atoms with Crippen LogP contribution >= 0.6 is 38.9 Å². The second kappa shape index (κ2) is 6.52. The quantitative estimate of drug-likeness (QED) is 0.806. The second-order valence-corrected chi connectivity index (χ2v) is 9.88. The number of thiophene rings is 1. The molecule has 1 fully saturated rings. The van der Waals surface area contributed by atoms with Gasteiger partial charge in [-0.05, 0) is 39.7 Å². The third-order valence-corrected chi connectivity index (χ3v) is 7.78. The van der Waals surface area contributed by atoms with Crippen molar-refractivity contribution in [3.8, 4) is 0 Å². The molecule has 0 spiro atoms. The fourth-order valence-corrected chi connectivity index (χ4v) is 6.40. The number of halogens is 2. The molecule has 1 amide bonds. The van der Waals surface area contributed by atoms with E-state index in [2.05, 4.69) is 21.2 Å². The molecule has 0 bridgehead atoms. The zero-order valence-electron chi connectivity index (χ0n) is 11.7. The molecule has 2 aromatic rings. The van der Waals surface area contributed by atoms with Crippen LogP contribution in [0.1, 0.15) is 11.6 Å². The molecule has 1 N–H and O–H groups in total. The Morgan fingerprint density at radius 1 is 1.26 bits per heavy atom. The highest BCUT2D eigenvalue weighted by Gasteiger charge is 2.40. The van der Waals surface area contributed by atoms with Gasteiger partial charge in [-0.15, -0.1) is 11.3 Å². The first kappa shape index (κ1) is 16.9. The number of hydrogen-bond donors (Lipinski definition) is 1. The monoisotopic (exact) mass is 434 g/mol. The summed E-state index contributed by atoms with van der Waals surface area (Å²) in [5.74, 6) is -0.372. The van der Waals surface area contributed by atoms with E-state index >= 15 is 0 Å². The molecule has 0 radical (unpaired) electrons. The second-order valence-electron chi connectivity index (χ2n) is 4.89. The van der Waals surface area contributed by atoms with Crippen LogP contribution in [0.3, 0.4) is 0 Å². The zero-order chi connectivity index (χ0) is 16.6. The number of amides is 1. The van der Waals surface area contributed by atoms with E-state index in [0.717, 1.165) is 11.3 Å². The van der Waals surface area contributed by atoms with Crippen molar-refractivity contribution in [1.29, 1.82) is 0 Å². The number of hydrogen-bond acceptors (Lipinski definition) is 4. The minimum atomic E-state index is -3.79. The molecule has 5 nitrogen and oxygen atoms in total. The van der Waals surface area contributed by atoms with Crippen LogP contribution in [0, 0.1) is 0 Å². The standard InChI is InChI=1S/C14H12BrClN2O3S2/c15-11-5-6-12(22-11)23(20,21)18-8-7-17-14(19)13(18)9-3-1-2-4-10(9)16/h1-6,13H,7-8H2,(H,17,19). The van der Waals surface area contributed by atoms with Crippen molar-refractivity contribution in [1.82, 2.24) is 9.62 Å². The van der Waals surface area contributed by atoms with E-state index in [1.54, 1.807) is 30.3 Å². The fraction of sp³-hybridized carbons (Fsp3) is 0.214. The van der Waals surface area contributed by atoms with Gasteiger partial charge in [0.15, 0.2) is 0 Å². The van der Waals surface area contributed by atoms with E-state index in [9.17, 15) is 13.2 Å². The number of nitrogens with one attached hydrogen (secondary N) is 1. The van der Waals surface area contributed by atoms with Gasteiger partial charge in [-0.1, -0.05) is 29.8 Å². The SMILES string of the molecule is O=C1NCCN(S(=O)(=O)c2ccc(Br)s2)C1c1ccccc1Cl. The number of benzene rings is 1. The van der Waals surface area contributed by atoms with Crippen LogP contribution in [0.25, 0.3) is 0 Å². The summed E-state index contributed by atoms with van der Waals surface area (Å²) in [5, 5.41) is 3.07. The Balaban J connectivity index is 2.09. The van der Waals surface area contributed by atoms with E-state index in [-0.39, 0.29) is 23.2 Å². The van der Waals surface area contributed by atoms with Crippen molar-refractivity contribution in [2.45, 2.75) is 10.3 Å². The van der Waals surface area contributed by atoms with E-state index in [4.69, 9.17) is 11.6 Å². The van der Waals surface area contributed by atoms with Crippen LogP contribution in [0.4, 0.5) is 0 Å². The van der Waals surface area contributed by atoms with Crippen LogP contribution in [-0.2, 0) is 14.8 Å². The van der Waals surface area contributed by atoms with Gasteiger partial charge in [0, 0.05) is 18.1 Å². The maximum atomic E-state index is 12.9. The first-order valence-electron chi connectivity index (χ1n) is 6.70. The normalized spacial score (nSPS) is 19.6. The van der Waals surface area contributed by atoms with Crippen LogP contribution in [0.5, 0.6) is 0 Å². The average molecular weight is 436 g/mol. The fourth-order valence-electron chi connectivity index (χ4n) is 2.45. The highest BCUT2D eigenvalue weighted by atomic mass is 79.9. The Hall–Kier alpha value is -0.930. The van der Waals surface area contributed by atoms with Gasteiger partial charge in [-0.3, -0.25) is 4.79 Å². The molecule has 2 heterocycles. The van der Waals surface area contributed by atoms with E-state index in [1.165, 1.54) is 10.4 Å². The molecule has 23 heavy (non-hydrogen) atoms. The average Bonchev–Trinajstić information content (AvgIpc) is 2.95. The minimum absolute atomic E-state index is 0.191. The maximum absolute atomic E-state index is 12.9. The highest BCUT2D eigenvalue weighted by molar-refractivity contribution is 9.11. The van der Waals surface area contributed by atoms with Crippen LogP contribution in [-0.4, -0.2) is 31.7 Å². The molecular formula is C14H12BrClN2O3S2. The molecular weight excluding hydrogens is 424 g/mol. The number of carbonyl (C=O) groups is 1. The van der Waals surface area contributed by atoms with Gasteiger partial charge >= 0.3 is 0 Å². The summed E-state index contributed by atoms with van der Waals surface area (Å²) < 4.78 is 28.0. The first-order chi connectivity index (χ1) is 10.9. The third-order valence-electron chi connectivity index (χ3n) is 3.48. The van der Waals surface area contributed by atoms with Crippen molar-refractivity contribution in [2.75, 3.05) is 13.1 Å². The van der Waals surface area contributed by atoms with Gasteiger partial charge in [0.25, 0.3) is 10.0 Å². The van der Waals surface area contributed by atoms with Gasteiger partial charge in [0.1, 0.15) is 10.3 Å². The number of carbonyl (C=O) groups excluding carboxylic acids is 1. The van der Waals surface area contributed by atoms with Gasteiger partial charge in [-0.25, -0.2) is 8.42 Å². The summed E-state index contributed by atoms with van der Waals surface area (Å²) in [6, 6.07) is 9.02. The summed E-state index contributed by atoms with van der Waals surface area (Å²) in [6.07, 6.45) is 0. The van der Waals surface area contributed by atoms with Crippen LogP contribution in [0.15, 0.2) is 44.4 Å². The Labute approximate surface area is 151 Å². The van der Waals surface area contributed by atoms with Gasteiger partial charge in [0.05, 0.1) is 3.79 Å². The highest BCUT2D eigenvalue weighted by Crippen LogP contribution is 2.36. The number of nitrogens with zero attached hydrogens (tertiary/aromatic N) is 1. The lowest BCUT2D eigenvalue weighted by atomic mass is 10.0. The number of rotatable bonds is 3. The minimum Gasteiger partial charge on any atom is -0.353 e. The molecule has 0 aliphatic carbocycles. The first-order valence-corrected chi connectivity index (χ1v) is 10.1. The molecule has 1 unspecified atom stereocenters.